The van der Waals surface area contributed by atoms with Crippen molar-refractivity contribution < 1.29 is 4.79 Å². The number of amides is 1. The number of hydrogen-bond donors (Lipinski definition) is 1. The second-order valence-electron chi connectivity index (χ2n) is 7.28. The molecular weight excluding hydrogens is 368 g/mol. The highest BCUT2D eigenvalue weighted by atomic mass is 32.1. The molecule has 0 aliphatic carbocycles. The number of nitrogens with one attached hydrogen (secondary N) is 1. The van der Waals surface area contributed by atoms with Crippen LogP contribution in [0.2, 0.25) is 0 Å². The fourth-order valence-corrected chi connectivity index (χ4v) is 4.24. The molecule has 0 atom stereocenters. The van der Waals surface area contributed by atoms with Crippen LogP contribution in [0.4, 0.5) is 5.69 Å². The Balaban J connectivity index is 1.73. The van der Waals surface area contributed by atoms with E-state index in [1.165, 1.54) is 23.3 Å². The Morgan fingerprint density at radius 1 is 1.18 bits per heavy atom. The molecule has 0 aliphatic rings. The average molecular weight is 397 g/mol. The summed E-state index contributed by atoms with van der Waals surface area (Å²) >= 11 is 1.53. The number of carbonyl (C=O) groups excluding carboxylic acids is 1. The van der Waals surface area contributed by atoms with Gasteiger partial charge in [-0.3, -0.25) is 4.79 Å². The Labute approximate surface area is 170 Å². The fraction of sp³-hybridized carbons (Fsp3) is 0.409. The van der Waals surface area contributed by atoms with Crippen LogP contribution < -0.4 is 5.32 Å². The van der Waals surface area contributed by atoms with Gasteiger partial charge in [0.2, 0.25) is 11.0 Å². The van der Waals surface area contributed by atoms with E-state index in [4.69, 9.17) is 0 Å². The number of aromatic nitrogens is 3. The summed E-state index contributed by atoms with van der Waals surface area (Å²) in [4.78, 5) is 17.2. The Morgan fingerprint density at radius 3 is 2.57 bits per heavy atom. The smallest absolute Gasteiger partial charge is 0.230 e. The highest BCUT2D eigenvalue weighted by Crippen LogP contribution is 2.23. The van der Waals surface area contributed by atoms with Crippen molar-refractivity contribution in [3.63, 3.8) is 0 Å². The molecule has 2 heterocycles. The zero-order chi connectivity index (χ0) is 20.3. The normalized spacial score (nSPS) is 11.0. The molecule has 0 fully saturated rings. The third kappa shape index (κ3) is 4.33. The van der Waals surface area contributed by atoms with E-state index in [2.05, 4.69) is 36.2 Å². The van der Waals surface area contributed by atoms with Gasteiger partial charge >= 0.3 is 0 Å². The number of aryl methyl sites for hydroxylation is 3. The van der Waals surface area contributed by atoms with E-state index in [1.807, 2.05) is 42.1 Å². The van der Waals surface area contributed by atoms with E-state index in [1.54, 1.807) is 0 Å². The van der Waals surface area contributed by atoms with Crippen molar-refractivity contribution in [3.8, 4) is 5.13 Å². The minimum atomic E-state index is -0.0498. The van der Waals surface area contributed by atoms with E-state index in [9.17, 15) is 4.79 Å². The number of para-hydroxylation sites is 1. The molecule has 3 aromatic rings. The lowest BCUT2D eigenvalue weighted by atomic mass is 10.1. The van der Waals surface area contributed by atoms with Crippen LogP contribution in [0, 0.1) is 27.7 Å². The van der Waals surface area contributed by atoms with Crippen molar-refractivity contribution in [3.05, 3.63) is 57.4 Å². The first-order valence-electron chi connectivity index (χ1n) is 9.76. The molecule has 0 unspecified atom stereocenters. The van der Waals surface area contributed by atoms with Crippen LogP contribution in [0.15, 0.2) is 23.6 Å². The van der Waals surface area contributed by atoms with Crippen LogP contribution in [-0.2, 0) is 17.6 Å². The van der Waals surface area contributed by atoms with Crippen LogP contribution in [0.5, 0.6) is 0 Å². The molecule has 1 aromatic carbocycles. The van der Waals surface area contributed by atoms with Crippen LogP contribution >= 0.6 is 11.3 Å². The van der Waals surface area contributed by atoms with Gasteiger partial charge in [-0.2, -0.15) is 5.10 Å². The lowest BCUT2D eigenvalue weighted by molar-refractivity contribution is -0.115. The maximum Gasteiger partial charge on any atom is 0.230 e. The summed E-state index contributed by atoms with van der Waals surface area (Å²) < 4.78 is 1.91. The standard InChI is InChI=1S/C22H28N4OS/c1-6-7-11-19-16(4)25-26(17(19)5)22-23-18(13-28-22)12-20(27)24-21-14(2)9-8-10-15(21)3/h8-10,13H,6-7,11-12H2,1-5H3,(H,24,27). The van der Waals surface area contributed by atoms with Crippen molar-refractivity contribution in [2.45, 2.75) is 60.3 Å². The molecule has 28 heavy (non-hydrogen) atoms. The molecule has 0 bridgehead atoms. The number of rotatable bonds is 7. The summed E-state index contributed by atoms with van der Waals surface area (Å²) in [5.74, 6) is -0.0498. The van der Waals surface area contributed by atoms with E-state index in [0.717, 1.165) is 51.9 Å². The first kappa shape index (κ1) is 20.3. The first-order chi connectivity index (χ1) is 13.4. The highest BCUT2D eigenvalue weighted by molar-refractivity contribution is 7.12. The molecule has 0 saturated heterocycles. The third-order valence-electron chi connectivity index (χ3n) is 5.03. The summed E-state index contributed by atoms with van der Waals surface area (Å²) in [5.41, 5.74) is 7.31. The second kappa shape index (κ2) is 8.69. The number of hydrogen-bond acceptors (Lipinski definition) is 4. The monoisotopic (exact) mass is 396 g/mol. The van der Waals surface area contributed by atoms with Gasteiger partial charge in [0.05, 0.1) is 17.8 Å². The van der Waals surface area contributed by atoms with Crippen molar-refractivity contribution in [1.82, 2.24) is 14.8 Å². The van der Waals surface area contributed by atoms with Gasteiger partial charge in [0, 0.05) is 16.8 Å². The Hall–Kier alpha value is -2.47. The van der Waals surface area contributed by atoms with Crippen molar-refractivity contribution in [2.75, 3.05) is 5.32 Å². The van der Waals surface area contributed by atoms with Crippen LogP contribution in [0.25, 0.3) is 5.13 Å². The van der Waals surface area contributed by atoms with Gasteiger partial charge in [0.15, 0.2) is 0 Å². The van der Waals surface area contributed by atoms with E-state index in [-0.39, 0.29) is 12.3 Å². The molecular formula is C22H28N4OS. The van der Waals surface area contributed by atoms with E-state index in [0.29, 0.717) is 0 Å². The molecule has 6 heteroatoms. The molecule has 2 aromatic heterocycles. The summed E-state index contributed by atoms with van der Waals surface area (Å²) in [7, 11) is 0. The Kier molecular flexibility index (Phi) is 6.29. The largest absolute Gasteiger partial charge is 0.325 e. The molecule has 3 rings (SSSR count). The number of thiazole rings is 1. The van der Waals surface area contributed by atoms with Gasteiger partial charge in [-0.1, -0.05) is 31.5 Å². The molecule has 5 nitrogen and oxygen atoms in total. The third-order valence-corrected chi connectivity index (χ3v) is 5.89. The minimum absolute atomic E-state index is 0.0498. The summed E-state index contributed by atoms with van der Waals surface area (Å²) in [5, 5.41) is 10.5. The number of carbonyl (C=O) groups is 1. The van der Waals surface area contributed by atoms with Gasteiger partial charge in [0.25, 0.3) is 0 Å². The summed E-state index contributed by atoms with van der Waals surface area (Å²) in [6.07, 6.45) is 3.63. The summed E-state index contributed by atoms with van der Waals surface area (Å²) in [6, 6.07) is 6.00. The van der Waals surface area contributed by atoms with Crippen molar-refractivity contribution in [1.29, 1.82) is 0 Å². The molecule has 0 spiro atoms. The van der Waals surface area contributed by atoms with Crippen molar-refractivity contribution in [2.24, 2.45) is 0 Å². The van der Waals surface area contributed by atoms with E-state index >= 15 is 0 Å². The van der Waals surface area contributed by atoms with Crippen molar-refractivity contribution >= 4 is 22.9 Å². The predicted octanol–water partition coefficient (Wildman–Crippen LogP) is 5.09. The fourth-order valence-electron chi connectivity index (χ4n) is 3.41. The Bertz CT molecular complexity index is 966. The first-order valence-corrected chi connectivity index (χ1v) is 10.6. The van der Waals surface area contributed by atoms with Crippen LogP contribution in [0.1, 0.15) is 53.5 Å². The summed E-state index contributed by atoms with van der Waals surface area (Å²) in [6.45, 7) is 10.4. The van der Waals surface area contributed by atoms with Crippen LogP contribution in [0.3, 0.4) is 0 Å². The molecule has 0 aliphatic heterocycles. The minimum Gasteiger partial charge on any atom is -0.325 e. The number of anilines is 1. The van der Waals surface area contributed by atoms with Gasteiger partial charge in [-0.05, 0) is 57.2 Å². The lowest BCUT2D eigenvalue weighted by Crippen LogP contribution is -2.16. The SMILES string of the molecule is CCCCc1c(C)nn(-c2nc(CC(=O)Nc3c(C)cccc3C)cs2)c1C. The lowest BCUT2D eigenvalue weighted by Gasteiger charge is -2.10. The molecule has 1 N–H and O–H groups in total. The zero-order valence-corrected chi connectivity index (χ0v) is 18.1. The van der Waals surface area contributed by atoms with Gasteiger partial charge in [-0.15, -0.1) is 11.3 Å². The number of benzene rings is 1. The van der Waals surface area contributed by atoms with Gasteiger partial charge < -0.3 is 5.32 Å². The quantitative estimate of drug-likeness (QED) is 0.605. The Morgan fingerprint density at radius 2 is 1.89 bits per heavy atom. The average Bonchev–Trinajstić information content (AvgIpc) is 3.21. The van der Waals surface area contributed by atoms with E-state index < -0.39 is 0 Å². The second-order valence-corrected chi connectivity index (χ2v) is 8.11. The molecule has 0 saturated carbocycles. The molecule has 1 amide bonds. The zero-order valence-electron chi connectivity index (χ0n) is 17.3. The van der Waals surface area contributed by atoms with Crippen LogP contribution in [-0.4, -0.2) is 20.7 Å². The highest BCUT2D eigenvalue weighted by Gasteiger charge is 2.16. The van der Waals surface area contributed by atoms with Gasteiger partial charge in [0.1, 0.15) is 0 Å². The molecule has 0 radical (unpaired) electrons. The maximum atomic E-state index is 12.5. The topological polar surface area (TPSA) is 59.8 Å². The number of unbranched alkanes of at least 4 members (excludes halogenated alkanes) is 1. The predicted molar refractivity (Wildman–Crippen MR) is 116 cm³/mol. The maximum absolute atomic E-state index is 12.5. The molecule has 148 valence electrons. The van der Waals surface area contributed by atoms with Gasteiger partial charge in [-0.25, -0.2) is 9.67 Å². The number of nitrogens with zero attached hydrogens (tertiary/aromatic N) is 3.